The minimum absolute atomic E-state index is 0.0920. The van der Waals surface area contributed by atoms with E-state index in [-0.39, 0.29) is 5.69 Å². The van der Waals surface area contributed by atoms with Crippen molar-refractivity contribution in [3.63, 3.8) is 0 Å². The number of nitrogens with one attached hydrogen (secondary N) is 2. The van der Waals surface area contributed by atoms with Crippen LogP contribution < -0.4 is 0 Å². The van der Waals surface area contributed by atoms with Gasteiger partial charge in [0.15, 0.2) is 10.5 Å². The first kappa shape index (κ1) is 10.6. The Morgan fingerprint density at radius 1 is 1.47 bits per heavy atom. The lowest BCUT2D eigenvalue weighted by Crippen LogP contribution is -1.98. The normalized spacial score (nSPS) is 10.5. The first-order chi connectivity index (χ1) is 7.08. The van der Waals surface area contributed by atoms with Crippen LogP contribution in [0, 0.1) is 4.77 Å². The van der Waals surface area contributed by atoms with Crippen LogP contribution in [0.3, 0.4) is 0 Å². The quantitative estimate of drug-likeness (QED) is 0.746. The highest BCUT2D eigenvalue weighted by Crippen LogP contribution is 2.31. The molecule has 0 aliphatic rings. The van der Waals surface area contributed by atoms with E-state index >= 15 is 0 Å². The van der Waals surface area contributed by atoms with Gasteiger partial charge in [-0.15, -0.1) is 11.3 Å². The average molecular weight is 305 g/mol. The standard InChI is InChI=1S/C8H5BrN2O2S2/c9-4-2-1-3(15-4)5-6(7(12)13)11-8(14)10-5/h1-2H,(H,12,13)(H2,10,11,14). The highest BCUT2D eigenvalue weighted by Gasteiger charge is 2.15. The summed E-state index contributed by atoms with van der Waals surface area (Å²) in [6, 6.07) is 3.69. The second-order valence-electron chi connectivity index (χ2n) is 2.74. The molecular formula is C8H5BrN2O2S2. The third kappa shape index (κ3) is 2.04. The Bertz CT molecular complexity index is 569. The van der Waals surface area contributed by atoms with Gasteiger partial charge in [-0.25, -0.2) is 4.79 Å². The van der Waals surface area contributed by atoms with Crippen LogP contribution in [-0.4, -0.2) is 21.0 Å². The summed E-state index contributed by atoms with van der Waals surface area (Å²) in [7, 11) is 0. The Morgan fingerprint density at radius 2 is 2.20 bits per heavy atom. The molecule has 0 saturated carbocycles. The fraction of sp³-hybridized carbons (Fsp3) is 0. The number of rotatable bonds is 2. The molecule has 0 amide bonds. The van der Waals surface area contributed by atoms with E-state index in [1.165, 1.54) is 11.3 Å². The summed E-state index contributed by atoms with van der Waals surface area (Å²) >= 11 is 9.63. The van der Waals surface area contributed by atoms with Crippen LogP contribution in [0.4, 0.5) is 0 Å². The Labute approximate surface area is 102 Å². The minimum atomic E-state index is -1.03. The number of halogens is 1. The van der Waals surface area contributed by atoms with Crippen molar-refractivity contribution in [3.8, 4) is 10.6 Å². The van der Waals surface area contributed by atoms with E-state index in [1.807, 2.05) is 12.1 Å². The summed E-state index contributed by atoms with van der Waals surface area (Å²) in [5.74, 6) is -1.03. The van der Waals surface area contributed by atoms with E-state index in [0.29, 0.717) is 10.5 Å². The summed E-state index contributed by atoms with van der Waals surface area (Å²) in [5.41, 5.74) is 0.609. The number of aromatic carboxylic acids is 1. The third-order valence-electron chi connectivity index (χ3n) is 1.76. The Hall–Kier alpha value is -0.920. The lowest BCUT2D eigenvalue weighted by atomic mass is 10.3. The van der Waals surface area contributed by atoms with Gasteiger partial charge in [-0.3, -0.25) is 0 Å². The SMILES string of the molecule is O=C(O)c1[nH]c(=S)[nH]c1-c1ccc(Br)s1. The zero-order valence-electron chi connectivity index (χ0n) is 7.20. The van der Waals surface area contributed by atoms with Gasteiger partial charge < -0.3 is 15.1 Å². The molecule has 4 nitrogen and oxygen atoms in total. The Balaban J connectivity index is 2.61. The zero-order chi connectivity index (χ0) is 11.0. The molecular weight excluding hydrogens is 300 g/mol. The summed E-state index contributed by atoms with van der Waals surface area (Å²) in [6.07, 6.45) is 0. The van der Waals surface area contributed by atoms with E-state index in [1.54, 1.807) is 0 Å². The lowest BCUT2D eigenvalue weighted by Gasteiger charge is -1.93. The highest BCUT2D eigenvalue weighted by molar-refractivity contribution is 9.11. The maximum Gasteiger partial charge on any atom is 0.354 e. The second-order valence-corrected chi connectivity index (χ2v) is 5.61. The molecule has 15 heavy (non-hydrogen) atoms. The molecule has 2 rings (SSSR count). The van der Waals surface area contributed by atoms with Crippen LogP contribution in [0.1, 0.15) is 10.5 Å². The number of hydrogen-bond acceptors (Lipinski definition) is 3. The fourth-order valence-electron chi connectivity index (χ4n) is 1.18. The van der Waals surface area contributed by atoms with Crippen molar-refractivity contribution in [3.05, 3.63) is 26.4 Å². The number of aromatic amines is 2. The molecule has 0 spiro atoms. The van der Waals surface area contributed by atoms with Crippen LogP contribution in [0.15, 0.2) is 15.9 Å². The number of carbonyl (C=O) groups is 1. The van der Waals surface area contributed by atoms with E-state index in [9.17, 15) is 4.79 Å². The maximum atomic E-state index is 10.9. The molecule has 2 aromatic heterocycles. The number of carboxylic acids is 1. The first-order valence-corrected chi connectivity index (χ1v) is 5.91. The molecule has 0 atom stereocenters. The Kier molecular flexibility index (Phi) is 2.76. The van der Waals surface area contributed by atoms with Gasteiger partial charge in [-0.2, -0.15) is 0 Å². The molecule has 0 unspecified atom stereocenters. The zero-order valence-corrected chi connectivity index (χ0v) is 10.4. The molecule has 0 aliphatic heterocycles. The molecule has 0 fully saturated rings. The van der Waals surface area contributed by atoms with Gasteiger partial charge in [0.1, 0.15) is 0 Å². The largest absolute Gasteiger partial charge is 0.477 e. The van der Waals surface area contributed by atoms with Crippen molar-refractivity contribution in [1.29, 1.82) is 0 Å². The van der Waals surface area contributed by atoms with Crippen LogP contribution in [-0.2, 0) is 0 Å². The molecule has 0 saturated heterocycles. The van der Waals surface area contributed by atoms with Crippen molar-refractivity contribution in [2.24, 2.45) is 0 Å². The van der Waals surface area contributed by atoms with Gasteiger partial charge in [0.25, 0.3) is 0 Å². The van der Waals surface area contributed by atoms with Crippen molar-refractivity contribution in [2.75, 3.05) is 0 Å². The van der Waals surface area contributed by atoms with E-state index < -0.39 is 5.97 Å². The van der Waals surface area contributed by atoms with Gasteiger partial charge in [-0.1, -0.05) is 0 Å². The molecule has 3 N–H and O–H groups in total. The van der Waals surface area contributed by atoms with Gasteiger partial charge >= 0.3 is 5.97 Å². The van der Waals surface area contributed by atoms with Crippen LogP contribution in [0.2, 0.25) is 0 Å². The van der Waals surface area contributed by atoms with Crippen molar-refractivity contribution in [2.45, 2.75) is 0 Å². The van der Waals surface area contributed by atoms with Gasteiger partial charge in [0, 0.05) is 0 Å². The fourth-order valence-corrected chi connectivity index (χ4v) is 2.77. The van der Waals surface area contributed by atoms with E-state index in [2.05, 4.69) is 25.9 Å². The van der Waals surface area contributed by atoms with E-state index in [4.69, 9.17) is 17.3 Å². The molecule has 0 aromatic carbocycles. The molecule has 0 bridgehead atoms. The number of hydrogen-bond donors (Lipinski definition) is 3. The van der Waals surface area contributed by atoms with Crippen LogP contribution >= 0.6 is 39.5 Å². The maximum absolute atomic E-state index is 10.9. The third-order valence-corrected chi connectivity index (χ3v) is 3.61. The molecule has 7 heteroatoms. The number of carboxylic acid groups (broad SMARTS) is 1. The van der Waals surface area contributed by atoms with Gasteiger partial charge in [0.2, 0.25) is 0 Å². The number of imidazole rings is 1. The number of H-pyrrole nitrogens is 2. The predicted molar refractivity (Wildman–Crippen MR) is 63.9 cm³/mol. The van der Waals surface area contributed by atoms with Crippen LogP contribution in [0.25, 0.3) is 10.6 Å². The van der Waals surface area contributed by atoms with Gasteiger partial charge in [-0.05, 0) is 40.3 Å². The van der Waals surface area contributed by atoms with Crippen molar-refractivity contribution >= 4 is 45.5 Å². The molecule has 78 valence electrons. The minimum Gasteiger partial charge on any atom is -0.477 e. The Morgan fingerprint density at radius 3 is 2.73 bits per heavy atom. The monoisotopic (exact) mass is 304 g/mol. The molecule has 2 heterocycles. The number of aromatic nitrogens is 2. The van der Waals surface area contributed by atoms with Gasteiger partial charge in [0.05, 0.1) is 14.4 Å². The topological polar surface area (TPSA) is 68.9 Å². The van der Waals surface area contributed by atoms with Crippen molar-refractivity contribution < 1.29 is 9.90 Å². The summed E-state index contributed by atoms with van der Waals surface area (Å²) in [4.78, 5) is 17.2. The predicted octanol–water partition coefficient (Wildman–Crippen LogP) is 3.26. The average Bonchev–Trinajstić information content (AvgIpc) is 2.71. The first-order valence-electron chi connectivity index (χ1n) is 3.89. The summed E-state index contributed by atoms with van der Waals surface area (Å²) in [6.45, 7) is 0. The van der Waals surface area contributed by atoms with Crippen LogP contribution in [0.5, 0.6) is 0 Å². The highest BCUT2D eigenvalue weighted by atomic mass is 79.9. The smallest absolute Gasteiger partial charge is 0.354 e. The molecule has 0 radical (unpaired) electrons. The lowest BCUT2D eigenvalue weighted by molar-refractivity contribution is 0.0692. The second kappa shape index (κ2) is 3.92. The molecule has 2 aromatic rings. The summed E-state index contributed by atoms with van der Waals surface area (Å²) in [5, 5.41) is 8.94. The van der Waals surface area contributed by atoms with E-state index in [0.717, 1.165) is 8.66 Å². The number of thiophene rings is 1. The molecule has 0 aliphatic carbocycles. The van der Waals surface area contributed by atoms with Crippen molar-refractivity contribution in [1.82, 2.24) is 9.97 Å². The summed E-state index contributed by atoms with van der Waals surface area (Å²) < 4.78 is 1.25.